The molecule has 1 aromatic rings. The Morgan fingerprint density at radius 1 is 1.47 bits per heavy atom. The van der Waals surface area contributed by atoms with E-state index in [1.165, 1.54) is 37.9 Å². The van der Waals surface area contributed by atoms with Gasteiger partial charge in [-0.05, 0) is 37.0 Å². The lowest BCUT2D eigenvalue weighted by Gasteiger charge is -2.21. The molecule has 6 heteroatoms. The third-order valence-corrected chi connectivity index (χ3v) is 4.65. The Kier molecular flexibility index (Phi) is 3.31. The summed E-state index contributed by atoms with van der Waals surface area (Å²) in [6.45, 7) is 0.774. The molecule has 2 aliphatic rings. The number of halogens is 1. The summed E-state index contributed by atoms with van der Waals surface area (Å²) in [5.74, 6) is 2.64. The van der Waals surface area contributed by atoms with Crippen LogP contribution in [0.3, 0.4) is 0 Å². The van der Waals surface area contributed by atoms with Crippen LogP contribution in [0.15, 0.2) is 12.3 Å². The average molecular weight is 282 g/mol. The highest BCUT2D eigenvalue weighted by molar-refractivity contribution is 6.30. The van der Waals surface area contributed by atoms with Gasteiger partial charge in [-0.25, -0.2) is 4.98 Å². The monoisotopic (exact) mass is 281 g/mol. The fourth-order valence-corrected chi connectivity index (χ4v) is 3.71. The number of anilines is 1. The molecule has 5 nitrogen and oxygen atoms in total. The number of nitro groups is 1. The zero-order valence-electron chi connectivity index (χ0n) is 10.5. The number of fused-ring (bicyclic) bond motifs is 2. The van der Waals surface area contributed by atoms with Crippen LogP contribution in [0.4, 0.5) is 11.5 Å². The summed E-state index contributed by atoms with van der Waals surface area (Å²) < 4.78 is 0. The first-order valence-corrected chi connectivity index (χ1v) is 7.05. The highest BCUT2D eigenvalue weighted by Crippen LogP contribution is 2.48. The Labute approximate surface area is 116 Å². The molecule has 0 aliphatic heterocycles. The number of pyridine rings is 1. The van der Waals surface area contributed by atoms with Crippen LogP contribution >= 0.6 is 11.6 Å². The van der Waals surface area contributed by atoms with Crippen molar-refractivity contribution in [3.05, 3.63) is 27.4 Å². The Morgan fingerprint density at radius 2 is 2.32 bits per heavy atom. The summed E-state index contributed by atoms with van der Waals surface area (Å²) in [6.07, 6.45) is 6.70. The van der Waals surface area contributed by atoms with E-state index in [-0.39, 0.29) is 10.7 Å². The number of rotatable bonds is 4. The van der Waals surface area contributed by atoms with Gasteiger partial charge in [-0.15, -0.1) is 0 Å². The fraction of sp³-hybridized carbons (Fsp3) is 0.615. The van der Waals surface area contributed by atoms with Crippen LogP contribution in [0, 0.1) is 27.9 Å². The minimum absolute atomic E-state index is 0.0457. The normalized spacial score (nSPS) is 28.6. The second-order valence-electron chi connectivity index (χ2n) is 5.59. The van der Waals surface area contributed by atoms with Gasteiger partial charge in [0, 0.05) is 18.8 Å². The van der Waals surface area contributed by atoms with Gasteiger partial charge in [-0.3, -0.25) is 10.1 Å². The molecule has 2 saturated carbocycles. The molecule has 102 valence electrons. The Bertz CT molecular complexity index is 509. The summed E-state index contributed by atoms with van der Waals surface area (Å²) in [6, 6.07) is 1.34. The number of nitrogens with zero attached hydrogens (tertiary/aromatic N) is 2. The van der Waals surface area contributed by atoms with Crippen LogP contribution < -0.4 is 5.32 Å². The molecule has 1 heterocycles. The lowest BCUT2D eigenvalue weighted by atomic mass is 9.89. The summed E-state index contributed by atoms with van der Waals surface area (Å²) in [4.78, 5) is 14.6. The maximum atomic E-state index is 11.0. The molecule has 0 saturated heterocycles. The molecule has 2 bridgehead atoms. The van der Waals surface area contributed by atoms with Gasteiger partial charge in [0.05, 0.1) is 9.95 Å². The van der Waals surface area contributed by atoms with E-state index in [9.17, 15) is 10.1 Å². The average Bonchev–Trinajstić information content (AvgIpc) is 2.99. The Hall–Kier alpha value is -1.36. The Balaban J connectivity index is 1.68. The van der Waals surface area contributed by atoms with Crippen molar-refractivity contribution in [2.45, 2.75) is 25.7 Å². The van der Waals surface area contributed by atoms with Crippen LogP contribution in [0.2, 0.25) is 5.02 Å². The van der Waals surface area contributed by atoms with E-state index in [0.717, 1.165) is 18.4 Å². The second kappa shape index (κ2) is 4.96. The standard InChI is InChI=1S/C13H16ClN3O2/c14-11-5-12(17(18)19)13(16-7-11)15-6-10-4-8-1-2-9(10)3-8/h5,7-10H,1-4,6H2,(H,15,16). The smallest absolute Gasteiger partial charge is 0.312 e. The van der Waals surface area contributed by atoms with Crippen LogP contribution in [0.25, 0.3) is 0 Å². The van der Waals surface area contributed by atoms with Gasteiger partial charge in [-0.1, -0.05) is 18.0 Å². The van der Waals surface area contributed by atoms with Gasteiger partial charge in [0.2, 0.25) is 5.82 Å². The third-order valence-electron chi connectivity index (χ3n) is 4.45. The zero-order valence-corrected chi connectivity index (χ0v) is 11.3. The number of aromatic nitrogens is 1. The SMILES string of the molecule is O=[N+]([O-])c1cc(Cl)cnc1NCC1CC2CCC1C2. The molecule has 1 aromatic heterocycles. The lowest BCUT2D eigenvalue weighted by molar-refractivity contribution is -0.384. The minimum Gasteiger partial charge on any atom is -0.364 e. The maximum absolute atomic E-state index is 11.0. The first-order chi connectivity index (χ1) is 9.13. The molecule has 0 amide bonds. The van der Waals surface area contributed by atoms with Gasteiger partial charge < -0.3 is 5.32 Å². The van der Waals surface area contributed by atoms with Crippen molar-refractivity contribution >= 4 is 23.1 Å². The lowest BCUT2D eigenvalue weighted by Crippen LogP contribution is -2.20. The number of hydrogen-bond acceptors (Lipinski definition) is 4. The van der Waals surface area contributed by atoms with Gasteiger partial charge in [0.15, 0.2) is 0 Å². The summed E-state index contributed by atoms with van der Waals surface area (Å²) in [5.41, 5.74) is -0.0457. The van der Waals surface area contributed by atoms with Gasteiger partial charge in [0.25, 0.3) is 0 Å². The van der Waals surface area contributed by atoms with Crippen LogP contribution in [-0.4, -0.2) is 16.5 Å². The van der Waals surface area contributed by atoms with Crippen molar-refractivity contribution < 1.29 is 4.92 Å². The highest BCUT2D eigenvalue weighted by Gasteiger charge is 2.39. The van der Waals surface area contributed by atoms with E-state index >= 15 is 0 Å². The predicted molar refractivity (Wildman–Crippen MR) is 73.3 cm³/mol. The topological polar surface area (TPSA) is 68.1 Å². The van der Waals surface area contributed by atoms with Crippen molar-refractivity contribution in [1.82, 2.24) is 4.98 Å². The third kappa shape index (κ3) is 2.52. The molecular formula is C13H16ClN3O2. The summed E-state index contributed by atoms with van der Waals surface area (Å²) in [7, 11) is 0. The van der Waals surface area contributed by atoms with Gasteiger partial charge in [0.1, 0.15) is 0 Å². The summed E-state index contributed by atoms with van der Waals surface area (Å²) in [5, 5.41) is 14.4. The van der Waals surface area contributed by atoms with Crippen molar-refractivity contribution in [2.24, 2.45) is 17.8 Å². The number of nitrogens with one attached hydrogen (secondary N) is 1. The molecule has 0 spiro atoms. The van der Waals surface area contributed by atoms with Crippen molar-refractivity contribution in [3.8, 4) is 0 Å². The second-order valence-corrected chi connectivity index (χ2v) is 6.03. The van der Waals surface area contributed by atoms with E-state index in [0.29, 0.717) is 11.7 Å². The molecule has 2 aliphatic carbocycles. The molecule has 0 radical (unpaired) electrons. The van der Waals surface area contributed by atoms with Gasteiger partial charge >= 0.3 is 5.69 Å². The van der Waals surface area contributed by atoms with E-state index < -0.39 is 4.92 Å². The molecule has 0 aromatic carbocycles. The van der Waals surface area contributed by atoms with Gasteiger partial charge in [-0.2, -0.15) is 0 Å². The van der Waals surface area contributed by atoms with Crippen molar-refractivity contribution in [1.29, 1.82) is 0 Å². The van der Waals surface area contributed by atoms with Crippen LogP contribution in [0.1, 0.15) is 25.7 Å². The first kappa shape index (κ1) is 12.7. The highest BCUT2D eigenvalue weighted by atomic mass is 35.5. The zero-order chi connectivity index (χ0) is 13.4. The van der Waals surface area contributed by atoms with E-state index in [1.807, 2.05) is 0 Å². The molecular weight excluding hydrogens is 266 g/mol. The molecule has 3 rings (SSSR count). The quantitative estimate of drug-likeness (QED) is 0.677. The van der Waals surface area contributed by atoms with Crippen molar-refractivity contribution in [2.75, 3.05) is 11.9 Å². The molecule has 2 fully saturated rings. The van der Waals surface area contributed by atoms with Crippen LogP contribution in [-0.2, 0) is 0 Å². The van der Waals surface area contributed by atoms with E-state index in [2.05, 4.69) is 10.3 Å². The summed E-state index contributed by atoms with van der Waals surface area (Å²) >= 11 is 5.74. The van der Waals surface area contributed by atoms with Crippen LogP contribution in [0.5, 0.6) is 0 Å². The molecule has 19 heavy (non-hydrogen) atoms. The van der Waals surface area contributed by atoms with E-state index in [4.69, 9.17) is 11.6 Å². The first-order valence-electron chi connectivity index (χ1n) is 6.67. The molecule has 3 atom stereocenters. The maximum Gasteiger partial charge on any atom is 0.312 e. The Morgan fingerprint density at radius 3 is 2.95 bits per heavy atom. The van der Waals surface area contributed by atoms with Crippen molar-refractivity contribution in [3.63, 3.8) is 0 Å². The number of hydrogen-bond donors (Lipinski definition) is 1. The minimum atomic E-state index is -0.442. The van der Waals surface area contributed by atoms with E-state index in [1.54, 1.807) is 0 Å². The molecule has 1 N–H and O–H groups in total. The molecule has 3 unspecified atom stereocenters. The largest absolute Gasteiger partial charge is 0.364 e. The predicted octanol–water partition coefficient (Wildman–Crippen LogP) is 3.49. The fourth-order valence-electron chi connectivity index (χ4n) is 3.56.